The SMILES string of the molecule is Brc1ccc2c(c1)c1ccccc1n2-c1ccccc1.OB(O)c1ccc2c(c1)c1ccccc1n2-c1ccccc1.c1ccc(-n2c3ccccc3c3ccccc32)cc1.c1ccc2c(c1)Cc1ccccc1-2. The van der Waals surface area contributed by atoms with Crippen LogP contribution in [0.3, 0.4) is 0 Å². The molecule has 0 radical (unpaired) electrons. The van der Waals surface area contributed by atoms with Gasteiger partial charge in [-0.05, 0) is 119 Å². The van der Waals surface area contributed by atoms with Gasteiger partial charge in [-0.3, -0.25) is 0 Å². The van der Waals surface area contributed by atoms with Gasteiger partial charge >= 0.3 is 7.12 Å². The largest absolute Gasteiger partial charge is 0.488 e. The van der Waals surface area contributed by atoms with Crippen LogP contribution in [0.4, 0.5) is 0 Å². The average Bonchev–Trinajstić information content (AvgIpc) is 4.21. The summed E-state index contributed by atoms with van der Waals surface area (Å²) in [5.41, 5.74) is 16.9. The van der Waals surface area contributed by atoms with Crippen LogP contribution >= 0.6 is 15.9 Å². The van der Waals surface area contributed by atoms with Gasteiger partial charge in [0.2, 0.25) is 0 Å². The Balaban J connectivity index is 0.000000102. The van der Waals surface area contributed by atoms with Crippen LogP contribution in [-0.4, -0.2) is 30.9 Å². The van der Waals surface area contributed by atoms with Crippen molar-refractivity contribution < 1.29 is 10.0 Å². The maximum Gasteiger partial charge on any atom is 0.488 e. The minimum Gasteiger partial charge on any atom is -0.423 e. The minimum atomic E-state index is -1.46. The standard InChI is InChI=1S/C18H14BNO2.C18H12BrN.C18H13N.C13H10/c21-19(22)13-10-11-18-16(12-13)15-8-4-5-9-17(15)20(18)14-6-2-1-3-7-14;19-13-10-11-18-16(12-13)15-8-4-5-9-17(15)20(18)14-6-2-1-3-7-14;1-2-8-14(9-3-1)19-17-12-6-4-10-15(17)16-11-5-7-13-18(16)19;1-3-7-12-10(5-1)9-11-6-2-4-8-13(11)12/h1-12,21-22H;1-12H;1-13H;1-8H,9H2. The highest BCUT2D eigenvalue weighted by molar-refractivity contribution is 9.10. The molecule has 15 rings (SSSR count). The summed E-state index contributed by atoms with van der Waals surface area (Å²) in [6.45, 7) is 0. The first-order chi connectivity index (χ1) is 36.5. The topological polar surface area (TPSA) is 55.2 Å². The summed E-state index contributed by atoms with van der Waals surface area (Å²) in [5.74, 6) is 0. The Morgan fingerprint density at radius 1 is 0.297 bits per heavy atom. The molecular formula is C67H49BBrN3O2. The third-order valence-electron chi connectivity index (χ3n) is 14.0. The maximum atomic E-state index is 9.43. The van der Waals surface area contributed by atoms with E-state index in [1.54, 1.807) is 6.07 Å². The molecule has 0 saturated carbocycles. The zero-order chi connectivity index (χ0) is 50.0. The van der Waals surface area contributed by atoms with Gasteiger partial charge in [0.15, 0.2) is 0 Å². The van der Waals surface area contributed by atoms with Crippen LogP contribution in [0.1, 0.15) is 11.1 Å². The van der Waals surface area contributed by atoms with Gasteiger partial charge in [-0.25, -0.2) is 0 Å². The molecule has 1 aliphatic carbocycles. The second-order valence-corrected chi connectivity index (χ2v) is 19.3. The van der Waals surface area contributed by atoms with Crippen LogP contribution in [-0.2, 0) is 6.42 Å². The first kappa shape index (κ1) is 46.4. The predicted molar refractivity (Wildman–Crippen MR) is 315 cm³/mol. The van der Waals surface area contributed by atoms with Crippen molar-refractivity contribution in [3.63, 3.8) is 0 Å². The van der Waals surface area contributed by atoms with Gasteiger partial charge in [-0.15, -0.1) is 0 Å². The molecule has 0 bridgehead atoms. The molecule has 2 N–H and O–H groups in total. The zero-order valence-corrected chi connectivity index (χ0v) is 42.0. The highest BCUT2D eigenvalue weighted by Crippen LogP contribution is 2.37. The van der Waals surface area contributed by atoms with Gasteiger partial charge in [0.25, 0.3) is 0 Å². The number of halogens is 1. The second-order valence-electron chi connectivity index (χ2n) is 18.4. The highest BCUT2D eigenvalue weighted by Gasteiger charge is 2.18. The molecule has 5 nitrogen and oxygen atoms in total. The van der Waals surface area contributed by atoms with E-state index >= 15 is 0 Å². The zero-order valence-electron chi connectivity index (χ0n) is 40.4. The summed E-state index contributed by atoms with van der Waals surface area (Å²) in [5, 5.41) is 26.2. The molecule has 0 amide bonds. The fourth-order valence-electron chi connectivity index (χ4n) is 10.7. The lowest BCUT2D eigenvalue weighted by molar-refractivity contribution is 0.426. The molecule has 11 aromatic carbocycles. The van der Waals surface area contributed by atoms with E-state index in [9.17, 15) is 10.0 Å². The fraction of sp³-hybridized carbons (Fsp3) is 0.0149. The van der Waals surface area contributed by atoms with Crippen molar-refractivity contribution in [2.45, 2.75) is 6.42 Å². The van der Waals surface area contributed by atoms with Gasteiger partial charge < -0.3 is 23.7 Å². The Bertz CT molecular complexity index is 4180. The summed E-state index contributed by atoms with van der Waals surface area (Å²) in [6.07, 6.45) is 1.10. The van der Waals surface area contributed by atoms with Crippen molar-refractivity contribution in [2.75, 3.05) is 0 Å². The van der Waals surface area contributed by atoms with Crippen molar-refractivity contribution in [3.8, 4) is 28.2 Å². The molecule has 0 aliphatic heterocycles. The van der Waals surface area contributed by atoms with Crippen LogP contribution in [0.15, 0.2) is 277 Å². The molecular weight excluding hydrogens is 969 g/mol. The molecule has 0 saturated heterocycles. The molecule has 7 heteroatoms. The fourth-order valence-corrected chi connectivity index (χ4v) is 11.0. The number of fused-ring (bicyclic) bond motifs is 12. The summed E-state index contributed by atoms with van der Waals surface area (Å²) in [4.78, 5) is 0. The van der Waals surface area contributed by atoms with Gasteiger partial charge in [-0.1, -0.05) is 204 Å². The third-order valence-corrected chi connectivity index (χ3v) is 14.5. The van der Waals surface area contributed by atoms with Gasteiger partial charge in [-0.2, -0.15) is 0 Å². The maximum absolute atomic E-state index is 9.43. The smallest absolute Gasteiger partial charge is 0.423 e. The highest BCUT2D eigenvalue weighted by atomic mass is 79.9. The molecule has 74 heavy (non-hydrogen) atoms. The predicted octanol–water partition coefficient (Wildman–Crippen LogP) is 16.1. The number of nitrogens with zero attached hydrogens (tertiary/aromatic N) is 3. The normalized spacial score (nSPS) is 11.4. The summed E-state index contributed by atoms with van der Waals surface area (Å²) >= 11 is 3.57. The Morgan fingerprint density at radius 3 is 1.01 bits per heavy atom. The molecule has 0 atom stereocenters. The monoisotopic (exact) mass is 1020 g/mol. The number of rotatable bonds is 4. The Morgan fingerprint density at radius 2 is 0.608 bits per heavy atom. The van der Waals surface area contributed by atoms with Crippen molar-refractivity contribution >= 4 is 93.9 Å². The van der Waals surface area contributed by atoms with Crippen molar-refractivity contribution in [1.29, 1.82) is 0 Å². The average molecular weight is 1020 g/mol. The first-order valence-electron chi connectivity index (χ1n) is 24.9. The number of hydrogen-bond acceptors (Lipinski definition) is 2. The Kier molecular flexibility index (Phi) is 12.8. The van der Waals surface area contributed by atoms with Crippen molar-refractivity contribution in [2.24, 2.45) is 0 Å². The third kappa shape index (κ3) is 8.77. The molecule has 354 valence electrons. The number of para-hydroxylation sites is 7. The Hall–Kier alpha value is -8.72. The van der Waals surface area contributed by atoms with E-state index in [1.807, 2.05) is 48.5 Å². The lowest BCUT2D eigenvalue weighted by Crippen LogP contribution is -2.29. The van der Waals surface area contributed by atoms with E-state index in [1.165, 1.54) is 77.2 Å². The molecule has 14 aromatic rings. The quantitative estimate of drug-likeness (QED) is 0.173. The summed E-state index contributed by atoms with van der Waals surface area (Å²) in [6, 6.07) is 94.4. The Labute approximate surface area is 438 Å². The van der Waals surface area contributed by atoms with E-state index in [-0.39, 0.29) is 0 Å². The van der Waals surface area contributed by atoms with Crippen LogP contribution < -0.4 is 5.46 Å². The van der Waals surface area contributed by atoms with Crippen LogP contribution in [0.25, 0.3) is 93.6 Å². The molecule has 3 aromatic heterocycles. The molecule has 0 unspecified atom stereocenters. The molecule has 1 aliphatic rings. The summed E-state index contributed by atoms with van der Waals surface area (Å²) in [7, 11) is -1.46. The van der Waals surface area contributed by atoms with Gasteiger partial charge in [0, 0.05) is 53.9 Å². The van der Waals surface area contributed by atoms with E-state index in [4.69, 9.17) is 0 Å². The van der Waals surface area contributed by atoms with Crippen molar-refractivity contribution in [3.05, 3.63) is 289 Å². The molecule has 3 heterocycles. The lowest BCUT2D eigenvalue weighted by Gasteiger charge is -2.07. The number of benzene rings is 11. The lowest BCUT2D eigenvalue weighted by atomic mass is 9.80. The van der Waals surface area contributed by atoms with Crippen LogP contribution in [0.5, 0.6) is 0 Å². The van der Waals surface area contributed by atoms with Crippen LogP contribution in [0.2, 0.25) is 0 Å². The van der Waals surface area contributed by atoms with E-state index in [0.717, 1.165) is 38.4 Å². The number of hydrogen-bond donors (Lipinski definition) is 2. The second kappa shape index (κ2) is 20.4. The van der Waals surface area contributed by atoms with E-state index in [2.05, 4.69) is 248 Å². The molecule has 0 spiro atoms. The van der Waals surface area contributed by atoms with Gasteiger partial charge in [0.05, 0.1) is 33.1 Å². The minimum absolute atomic E-state index is 0.503. The first-order valence-corrected chi connectivity index (χ1v) is 25.7. The van der Waals surface area contributed by atoms with Gasteiger partial charge in [0.1, 0.15) is 0 Å². The van der Waals surface area contributed by atoms with Crippen LogP contribution in [0, 0.1) is 0 Å². The van der Waals surface area contributed by atoms with E-state index < -0.39 is 7.12 Å². The van der Waals surface area contributed by atoms with Crippen molar-refractivity contribution in [1.82, 2.24) is 13.7 Å². The molecule has 0 fully saturated rings. The summed E-state index contributed by atoms with van der Waals surface area (Å²) < 4.78 is 7.95. The number of aromatic nitrogens is 3. The van der Waals surface area contributed by atoms with E-state index in [0.29, 0.717) is 5.46 Å².